The van der Waals surface area contributed by atoms with Gasteiger partial charge in [-0.25, -0.2) is 13.6 Å². The molecule has 0 radical (unpaired) electrons. The molecule has 1 aromatic carbocycles. The van der Waals surface area contributed by atoms with E-state index in [0.717, 1.165) is 12.8 Å². The van der Waals surface area contributed by atoms with Gasteiger partial charge in [0.25, 0.3) is 5.91 Å². The Kier molecular flexibility index (Phi) is 4.60. The molecule has 1 amide bonds. The van der Waals surface area contributed by atoms with Crippen LogP contribution in [0.1, 0.15) is 37.0 Å². The number of primary sulfonamides is 1. The van der Waals surface area contributed by atoms with Crippen molar-refractivity contribution in [3.05, 3.63) is 28.8 Å². The maximum atomic E-state index is 12.7. The van der Waals surface area contributed by atoms with Gasteiger partial charge in [0, 0.05) is 12.6 Å². The molecule has 0 aliphatic carbocycles. The van der Waals surface area contributed by atoms with E-state index >= 15 is 0 Å². The van der Waals surface area contributed by atoms with Gasteiger partial charge < -0.3 is 4.90 Å². The number of carbonyl (C=O) groups is 1. The topological polar surface area (TPSA) is 80.5 Å². The van der Waals surface area contributed by atoms with Crippen LogP contribution in [-0.4, -0.2) is 31.8 Å². The van der Waals surface area contributed by atoms with Crippen molar-refractivity contribution in [2.75, 3.05) is 6.54 Å². The molecule has 1 saturated heterocycles. The van der Waals surface area contributed by atoms with Gasteiger partial charge in [-0.3, -0.25) is 4.79 Å². The Bertz CT molecular complexity index is 660. The van der Waals surface area contributed by atoms with Crippen LogP contribution in [-0.2, 0) is 10.0 Å². The fraction of sp³-hybridized carbons (Fsp3) is 0.500. The Morgan fingerprint density at radius 3 is 2.62 bits per heavy atom. The number of nitrogens with two attached hydrogens (primary N) is 1. The molecule has 1 aromatic rings. The van der Waals surface area contributed by atoms with Crippen LogP contribution in [0.15, 0.2) is 23.1 Å². The fourth-order valence-corrected chi connectivity index (χ4v) is 3.86. The van der Waals surface area contributed by atoms with Crippen LogP contribution in [0.25, 0.3) is 0 Å². The number of likely N-dealkylation sites (tertiary alicyclic amines) is 1. The number of hydrogen-bond acceptors (Lipinski definition) is 3. The first kappa shape index (κ1) is 16.3. The van der Waals surface area contributed by atoms with Crippen LogP contribution in [0.2, 0.25) is 5.02 Å². The van der Waals surface area contributed by atoms with E-state index in [4.69, 9.17) is 16.7 Å². The van der Waals surface area contributed by atoms with Gasteiger partial charge in [-0.15, -0.1) is 0 Å². The molecule has 2 atom stereocenters. The Hall–Kier alpha value is -1.11. The Balaban J connectivity index is 2.45. The molecule has 1 aliphatic rings. The number of nitrogens with zero attached hydrogens (tertiary/aromatic N) is 1. The summed E-state index contributed by atoms with van der Waals surface area (Å²) in [6, 6.07) is 4.33. The smallest absolute Gasteiger partial charge is 0.256 e. The van der Waals surface area contributed by atoms with Crippen molar-refractivity contribution in [2.45, 2.75) is 37.6 Å². The SMILES string of the molecule is CC1CCN(C(=O)c2c(Cl)cccc2S(N)(=O)=O)C(C)C1. The molecule has 116 valence electrons. The van der Waals surface area contributed by atoms with Crippen molar-refractivity contribution in [1.82, 2.24) is 4.90 Å². The number of carbonyl (C=O) groups excluding carboxylic acids is 1. The monoisotopic (exact) mass is 330 g/mol. The minimum Gasteiger partial charge on any atom is -0.336 e. The lowest BCUT2D eigenvalue weighted by molar-refractivity contribution is 0.0585. The molecule has 0 spiro atoms. The predicted octanol–water partition coefficient (Wildman–Crippen LogP) is 2.25. The fourth-order valence-electron chi connectivity index (χ4n) is 2.80. The first-order valence-corrected chi connectivity index (χ1v) is 8.76. The van der Waals surface area contributed by atoms with Gasteiger partial charge in [-0.2, -0.15) is 0 Å². The van der Waals surface area contributed by atoms with Crippen molar-refractivity contribution < 1.29 is 13.2 Å². The molecule has 7 heteroatoms. The molecule has 2 rings (SSSR count). The van der Waals surface area contributed by atoms with Crippen molar-refractivity contribution in [1.29, 1.82) is 0 Å². The van der Waals surface area contributed by atoms with E-state index in [1.165, 1.54) is 18.2 Å². The third-order valence-corrected chi connectivity index (χ3v) is 5.16. The van der Waals surface area contributed by atoms with E-state index in [9.17, 15) is 13.2 Å². The molecule has 5 nitrogen and oxygen atoms in total. The second-order valence-corrected chi connectivity index (χ2v) is 7.57. The van der Waals surface area contributed by atoms with E-state index in [1.54, 1.807) is 4.90 Å². The van der Waals surface area contributed by atoms with Gasteiger partial charge in [0.05, 0.1) is 15.5 Å². The maximum absolute atomic E-state index is 12.7. The summed E-state index contributed by atoms with van der Waals surface area (Å²) in [7, 11) is -4.00. The second-order valence-electron chi connectivity index (χ2n) is 5.64. The van der Waals surface area contributed by atoms with E-state index < -0.39 is 10.0 Å². The Morgan fingerprint density at radius 2 is 2.05 bits per heavy atom. The molecule has 2 unspecified atom stereocenters. The highest BCUT2D eigenvalue weighted by Gasteiger charge is 2.31. The minimum atomic E-state index is -4.00. The van der Waals surface area contributed by atoms with Crippen LogP contribution in [0, 0.1) is 5.92 Å². The quantitative estimate of drug-likeness (QED) is 0.903. The lowest BCUT2D eigenvalue weighted by Crippen LogP contribution is -2.44. The number of sulfonamides is 1. The zero-order valence-corrected chi connectivity index (χ0v) is 13.6. The third-order valence-electron chi connectivity index (χ3n) is 3.89. The number of benzene rings is 1. The molecule has 1 heterocycles. The largest absolute Gasteiger partial charge is 0.336 e. The van der Waals surface area contributed by atoms with Gasteiger partial charge in [0.2, 0.25) is 10.0 Å². The summed E-state index contributed by atoms with van der Waals surface area (Å²) in [6.07, 6.45) is 1.78. The van der Waals surface area contributed by atoms with Gasteiger partial charge in [0.15, 0.2) is 0 Å². The number of hydrogen-bond donors (Lipinski definition) is 1. The molecular formula is C14H19ClN2O3S. The molecule has 0 saturated carbocycles. The third kappa shape index (κ3) is 3.39. The first-order valence-electron chi connectivity index (χ1n) is 6.84. The Labute approximate surface area is 130 Å². The van der Waals surface area contributed by atoms with Crippen LogP contribution in [0.4, 0.5) is 0 Å². The molecular weight excluding hydrogens is 312 g/mol. The van der Waals surface area contributed by atoms with E-state index in [-0.39, 0.29) is 27.4 Å². The molecule has 21 heavy (non-hydrogen) atoms. The summed E-state index contributed by atoms with van der Waals surface area (Å²) in [5, 5.41) is 5.30. The van der Waals surface area contributed by atoms with Gasteiger partial charge >= 0.3 is 0 Å². The summed E-state index contributed by atoms with van der Waals surface area (Å²) in [5.41, 5.74) is -0.0249. The second kappa shape index (κ2) is 5.94. The highest BCUT2D eigenvalue weighted by atomic mass is 35.5. The van der Waals surface area contributed by atoms with Crippen LogP contribution < -0.4 is 5.14 Å². The Morgan fingerprint density at radius 1 is 1.38 bits per heavy atom. The van der Waals surface area contributed by atoms with Crippen molar-refractivity contribution in [2.24, 2.45) is 11.1 Å². The van der Waals surface area contributed by atoms with Crippen LogP contribution >= 0.6 is 11.6 Å². The highest BCUT2D eigenvalue weighted by molar-refractivity contribution is 7.89. The first-order chi connectivity index (χ1) is 9.71. The minimum absolute atomic E-state index is 0.0249. The van der Waals surface area contributed by atoms with Gasteiger partial charge in [-0.05, 0) is 37.8 Å². The average Bonchev–Trinajstić information content (AvgIpc) is 2.36. The van der Waals surface area contributed by atoms with Crippen molar-refractivity contribution >= 4 is 27.5 Å². The number of piperidine rings is 1. The highest BCUT2D eigenvalue weighted by Crippen LogP contribution is 2.29. The van der Waals surface area contributed by atoms with E-state index in [2.05, 4.69) is 6.92 Å². The van der Waals surface area contributed by atoms with Gasteiger partial charge in [0.1, 0.15) is 0 Å². The standard InChI is InChI=1S/C14H19ClN2O3S/c1-9-6-7-17(10(2)8-9)14(18)13-11(15)4-3-5-12(13)21(16,19)20/h3-5,9-10H,6-8H2,1-2H3,(H2,16,19,20). The summed E-state index contributed by atoms with van der Waals surface area (Å²) in [6.45, 7) is 4.70. The molecule has 2 N–H and O–H groups in total. The lowest BCUT2D eigenvalue weighted by atomic mass is 9.93. The average molecular weight is 331 g/mol. The van der Waals surface area contributed by atoms with Crippen LogP contribution in [0.5, 0.6) is 0 Å². The van der Waals surface area contributed by atoms with Crippen LogP contribution in [0.3, 0.4) is 0 Å². The number of amides is 1. The molecule has 0 aromatic heterocycles. The summed E-state index contributed by atoms with van der Waals surface area (Å²) in [4.78, 5) is 14.2. The molecule has 1 aliphatic heterocycles. The zero-order valence-electron chi connectivity index (χ0n) is 12.0. The van der Waals surface area contributed by atoms with E-state index in [0.29, 0.717) is 12.5 Å². The number of rotatable bonds is 2. The maximum Gasteiger partial charge on any atom is 0.256 e. The van der Waals surface area contributed by atoms with Crippen molar-refractivity contribution in [3.63, 3.8) is 0 Å². The van der Waals surface area contributed by atoms with Gasteiger partial charge in [-0.1, -0.05) is 24.6 Å². The molecule has 1 fully saturated rings. The van der Waals surface area contributed by atoms with E-state index in [1.807, 2.05) is 6.92 Å². The summed E-state index contributed by atoms with van der Waals surface area (Å²) < 4.78 is 23.4. The number of halogens is 1. The molecule has 0 bridgehead atoms. The normalized spacial score (nSPS) is 23.1. The summed E-state index contributed by atoms with van der Waals surface area (Å²) >= 11 is 6.06. The lowest BCUT2D eigenvalue weighted by Gasteiger charge is -2.37. The van der Waals surface area contributed by atoms with Crippen molar-refractivity contribution in [3.8, 4) is 0 Å². The summed E-state index contributed by atoms with van der Waals surface area (Å²) in [5.74, 6) is 0.178. The zero-order chi connectivity index (χ0) is 15.8. The predicted molar refractivity (Wildman–Crippen MR) is 81.7 cm³/mol.